The highest BCUT2D eigenvalue weighted by Crippen LogP contribution is 2.23. The smallest absolute Gasteiger partial charge is 0.263 e. The maximum atomic E-state index is 12.6. The quantitative estimate of drug-likeness (QED) is 0.861. The Balaban J connectivity index is 1.46. The number of rotatable bonds is 3. The predicted octanol–water partition coefficient (Wildman–Crippen LogP) is 1.61. The third kappa shape index (κ3) is 3.01. The van der Waals surface area contributed by atoms with Gasteiger partial charge in [0.2, 0.25) is 0 Å². The largest absolute Gasteiger partial charge is 0.377 e. The highest BCUT2D eigenvalue weighted by atomic mass is 16.5. The van der Waals surface area contributed by atoms with E-state index < -0.39 is 0 Å². The summed E-state index contributed by atoms with van der Waals surface area (Å²) in [5.74, 6) is 0. The molecule has 4 heterocycles. The van der Waals surface area contributed by atoms with E-state index in [2.05, 4.69) is 14.9 Å². The molecule has 0 bridgehead atoms. The molecule has 0 radical (unpaired) electrons. The number of ether oxygens (including phenoxy) is 1. The van der Waals surface area contributed by atoms with E-state index >= 15 is 0 Å². The van der Waals surface area contributed by atoms with Crippen molar-refractivity contribution >= 4 is 10.9 Å². The van der Waals surface area contributed by atoms with Crippen LogP contribution in [0.25, 0.3) is 10.9 Å². The van der Waals surface area contributed by atoms with Gasteiger partial charge in [-0.1, -0.05) is 0 Å². The first-order chi connectivity index (χ1) is 11.3. The minimum absolute atomic E-state index is 0.0284. The van der Waals surface area contributed by atoms with Gasteiger partial charge in [-0.25, -0.2) is 4.98 Å². The normalized spacial score (nSPS) is 23.6. The maximum absolute atomic E-state index is 12.6. The first-order valence-electron chi connectivity index (χ1n) is 8.46. The van der Waals surface area contributed by atoms with Crippen molar-refractivity contribution in [2.24, 2.45) is 0 Å². The lowest BCUT2D eigenvalue weighted by Crippen LogP contribution is -2.40. The molecule has 0 unspecified atom stereocenters. The van der Waals surface area contributed by atoms with E-state index in [4.69, 9.17) is 4.74 Å². The molecule has 2 aliphatic heterocycles. The van der Waals surface area contributed by atoms with Crippen molar-refractivity contribution in [3.8, 4) is 0 Å². The molecule has 0 amide bonds. The summed E-state index contributed by atoms with van der Waals surface area (Å²) in [6.07, 6.45) is 9.73. The average Bonchev–Trinajstić information content (AvgIpc) is 3.09. The van der Waals surface area contributed by atoms with Crippen LogP contribution in [0, 0.1) is 0 Å². The fourth-order valence-corrected chi connectivity index (χ4v) is 3.70. The topological polar surface area (TPSA) is 60.2 Å². The number of likely N-dealkylation sites (tertiary alicyclic amines) is 1. The Kier molecular flexibility index (Phi) is 4.10. The van der Waals surface area contributed by atoms with Crippen LogP contribution in [-0.4, -0.2) is 51.8 Å². The standard InChI is InChI=1S/C17H22N4O2/c22-17-15-10-18-6-3-16(15)19-12-21(17)13-4-7-20(8-5-13)11-14-2-1-9-23-14/h3,6,10,12-14H,1-2,4-5,7-9,11H2/t14-/m0/s1. The second-order valence-corrected chi connectivity index (χ2v) is 6.52. The molecule has 122 valence electrons. The number of nitrogens with zero attached hydrogens (tertiary/aromatic N) is 4. The number of hydrogen-bond acceptors (Lipinski definition) is 5. The van der Waals surface area contributed by atoms with Gasteiger partial charge in [-0.05, 0) is 31.7 Å². The van der Waals surface area contributed by atoms with Crippen LogP contribution in [0.1, 0.15) is 31.7 Å². The van der Waals surface area contributed by atoms with Gasteiger partial charge in [0.05, 0.1) is 23.3 Å². The van der Waals surface area contributed by atoms with Gasteiger partial charge in [0, 0.05) is 44.7 Å². The van der Waals surface area contributed by atoms with Gasteiger partial charge in [0.15, 0.2) is 0 Å². The molecular weight excluding hydrogens is 292 g/mol. The molecule has 2 aromatic heterocycles. The number of piperidine rings is 1. The molecule has 2 fully saturated rings. The number of pyridine rings is 1. The van der Waals surface area contributed by atoms with Crippen LogP contribution < -0.4 is 5.56 Å². The number of aromatic nitrogens is 3. The van der Waals surface area contributed by atoms with Crippen LogP contribution in [0.2, 0.25) is 0 Å². The molecule has 2 aromatic rings. The first-order valence-corrected chi connectivity index (χ1v) is 8.46. The summed E-state index contributed by atoms with van der Waals surface area (Å²) >= 11 is 0. The first kappa shape index (κ1) is 14.8. The maximum Gasteiger partial charge on any atom is 0.263 e. The molecular formula is C17H22N4O2. The van der Waals surface area contributed by atoms with Crippen molar-refractivity contribution in [2.75, 3.05) is 26.2 Å². The average molecular weight is 314 g/mol. The van der Waals surface area contributed by atoms with Crippen LogP contribution in [-0.2, 0) is 4.74 Å². The Labute approximate surface area is 135 Å². The highest BCUT2D eigenvalue weighted by molar-refractivity contribution is 5.75. The van der Waals surface area contributed by atoms with E-state index in [9.17, 15) is 4.79 Å². The van der Waals surface area contributed by atoms with Gasteiger partial charge >= 0.3 is 0 Å². The van der Waals surface area contributed by atoms with Gasteiger partial charge < -0.3 is 9.64 Å². The summed E-state index contributed by atoms with van der Waals surface area (Å²) in [4.78, 5) is 23.6. The molecule has 23 heavy (non-hydrogen) atoms. The molecule has 0 aliphatic carbocycles. The Hall–Kier alpha value is -1.79. The molecule has 0 aromatic carbocycles. The number of hydrogen-bond donors (Lipinski definition) is 0. The molecule has 6 heteroatoms. The van der Waals surface area contributed by atoms with E-state index in [1.54, 1.807) is 29.4 Å². The summed E-state index contributed by atoms with van der Waals surface area (Å²) in [6, 6.07) is 2.02. The van der Waals surface area contributed by atoms with Crippen LogP contribution in [0.3, 0.4) is 0 Å². The van der Waals surface area contributed by atoms with Crippen LogP contribution in [0.15, 0.2) is 29.6 Å². The van der Waals surface area contributed by atoms with Gasteiger partial charge in [0.1, 0.15) is 0 Å². The Morgan fingerprint density at radius 1 is 1.26 bits per heavy atom. The van der Waals surface area contributed by atoms with E-state index in [-0.39, 0.29) is 11.6 Å². The van der Waals surface area contributed by atoms with Crippen LogP contribution in [0.4, 0.5) is 0 Å². The lowest BCUT2D eigenvalue weighted by atomic mass is 10.0. The monoisotopic (exact) mass is 314 g/mol. The number of fused-ring (bicyclic) bond motifs is 1. The van der Waals surface area contributed by atoms with Crippen molar-refractivity contribution in [3.63, 3.8) is 0 Å². The Morgan fingerprint density at radius 2 is 2.13 bits per heavy atom. The van der Waals surface area contributed by atoms with Crippen LogP contribution in [0.5, 0.6) is 0 Å². The summed E-state index contributed by atoms with van der Waals surface area (Å²) in [5.41, 5.74) is 0.748. The molecule has 6 nitrogen and oxygen atoms in total. The van der Waals surface area contributed by atoms with Gasteiger partial charge in [0.25, 0.3) is 5.56 Å². The minimum atomic E-state index is 0.0284. The second kappa shape index (κ2) is 6.37. The molecule has 4 rings (SSSR count). The van der Waals surface area contributed by atoms with E-state index in [0.717, 1.165) is 44.6 Å². The zero-order valence-corrected chi connectivity index (χ0v) is 13.2. The summed E-state index contributed by atoms with van der Waals surface area (Å²) < 4.78 is 7.52. The summed E-state index contributed by atoms with van der Waals surface area (Å²) in [7, 11) is 0. The highest BCUT2D eigenvalue weighted by Gasteiger charge is 2.25. The third-order valence-electron chi connectivity index (χ3n) is 5.02. The molecule has 0 saturated carbocycles. The summed E-state index contributed by atoms with van der Waals surface area (Å²) in [6.45, 7) is 3.97. The lowest BCUT2D eigenvalue weighted by molar-refractivity contribution is 0.0604. The zero-order valence-electron chi connectivity index (χ0n) is 13.2. The van der Waals surface area contributed by atoms with Gasteiger partial charge in [-0.15, -0.1) is 0 Å². The molecule has 0 spiro atoms. The fraction of sp³-hybridized carbons (Fsp3) is 0.588. The van der Waals surface area contributed by atoms with Crippen molar-refractivity contribution in [1.82, 2.24) is 19.4 Å². The molecule has 2 saturated heterocycles. The molecule has 2 aliphatic rings. The van der Waals surface area contributed by atoms with E-state index in [1.165, 1.54) is 12.8 Å². The molecule has 0 N–H and O–H groups in total. The van der Waals surface area contributed by atoms with Gasteiger partial charge in [-0.3, -0.25) is 14.3 Å². The van der Waals surface area contributed by atoms with Gasteiger partial charge in [-0.2, -0.15) is 0 Å². The zero-order chi connectivity index (χ0) is 15.6. The summed E-state index contributed by atoms with van der Waals surface area (Å²) in [5, 5.41) is 0.608. The second-order valence-electron chi connectivity index (χ2n) is 6.52. The fourth-order valence-electron chi connectivity index (χ4n) is 3.70. The Bertz CT molecular complexity index is 731. The van der Waals surface area contributed by atoms with Crippen molar-refractivity contribution in [3.05, 3.63) is 35.1 Å². The van der Waals surface area contributed by atoms with Crippen LogP contribution >= 0.6 is 0 Å². The van der Waals surface area contributed by atoms with E-state index in [0.29, 0.717) is 11.5 Å². The third-order valence-corrected chi connectivity index (χ3v) is 5.02. The minimum Gasteiger partial charge on any atom is -0.377 e. The Morgan fingerprint density at radius 3 is 2.91 bits per heavy atom. The predicted molar refractivity (Wildman–Crippen MR) is 87.5 cm³/mol. The van der Waals surface area contributed by atoms with Crippen molar-refractivity contribution in [1.29, 1.82) is 0 Å². The van der Waals surface area contributed by atoms with Crippen molar-refractivity contribution < 1.29 is 4.74 Å². The SMILES string of the molecule is O=c1c2cnccc2ncn1C1CCN(C[C@@H]2CCCO2)CC1. The van der Waals surface area contributed by atoms with E-state index in [1.807, 2.05) is 0 Å². The van der Waals surface area contributed by atoms with Crippen molar-refractivity contribution in [2.45, 2.75) is 37.8 Å². The lowest BCUT2D eigenvalue weighted by Gasteiger charge is -2.33. The molecule has 1 atom stereocenters.